The molecule has 0 aliphatic heterocycles. The summed E-state index contributed by atoms with van der Waals surface area (Å²) in [6, 6.07) is 8.75. The third-order valence-corrected chi connectivity index (χ3v) is 6.71. The third kappa shape index (κ3) is 1.71. The third-order valence-electron chi connectivity index (χ3n) is 6.71. The van der Waals surface area contributed by atoms with Crippen molar-refractivity contribution in [3.05, 3.63) is 35.4 Å². The highest BCUT2D eigenvalue weighted by Gasteiger charge is 2.59. The van der Waals surface area contributed by atoms with E-state index in [1.165, 1.54) is 11.1 Å². The summed E-state index contributed by atoms with van der Waals surface area (Å²) in [5.74, 6) is 1.26. The molecule has 1 aromatic carbocycles. The molecule has 5 atom stereocenters. The highest BCUT2D eigenvalue weighted by molar-refractivity contribution is 5.91. The van der Waals surface area contributed by atoms with Crippen molar-refractivity contribution in [1.29, 1.82) is 0 Å². The Bertz CT molecular complexity index is 581. The van der Waals surface area contributed by atoms with Crippen LogP contribution in [0.1, 0.15) is 56.1 Å². The molecule has 2 saturated carbocycles. The quantitative estimate of drug-likeness (QED) is 0.745. The second-order valence-corrected chi connectivity index (χ2v) is 7.23. The van der Waals surface area contributed by atoms with E-state index in [1.807, 2.05) is 0 Å². The summed E-state index contributed by atoms with van der Waals surface area (Å²) >= 11 is 0. The molecule has 1 aromatic rings. The Hall–Kier alpha value is -1.18. The van der Waals surface area contributed by atoms with Gasteiger partial charge in [0.15, 0.2) is 12.0 Å². The fourth-order valence-corrected chi connectivity index (χ4v) is 5.70. The summed E-state index contributed by atoms with van der Waals surface area (Å²) in [6.07, 6.45) is 4.28. The Labute approximate surface area is 125 Å². The molecule has 112 valence electrons. The van der Waals surface area contributed by atoms with E-state index in [4.69, 9.17) is 0 Å². The molecule has 4 rings (SSSR count). The minimum absolute atomic E-state index is 0.0766. The minimum atomic E-state index is -1.20. The largest absolute Gasteiger partial charge is 0.296 e. The van der Waals surface area contributed by atoms with Crippen molar-refractivity contribution in [2.45, 2.75) is 57.5 Å². The molecule has 0 N–H and O–H groups in total. The monoisotopic (exact) mass is 286 g/mol. The first kappa shape index (κ1) is 13.5. The molecule has 1 nitrogen and oxygen atoms in total. The summed E-state index contributed by atoms with van der Waals surface area (Å²) < 4.78 is 14.2. The van der Waals surface area contributed by atoms with E-state index in [0.29, 0.717) is 18.3 Å². The zero-order chi connectivity index (χ0) is 14.6. The van der Waals surface area contributed by atoms with Crippen LogP contribution in [0.25, 0.3) is 0 Å². The number of carbonyl (C=O) groups is 1. The molecular formula is C19H23FO. The van der Waals surface area contributed by atoms with Crippen molar-refractivity contribution in [3.8, 4) is 0 Å². The number of aryl methyl sites for hydroxylation is 1. The highest BCUT2D eigenvalue weighted by atomic mass is 19.1. The first-order valence-electron chi connectivity index (χ1n) is 8.43. The van der Waals surface area contributed by atoms with Crippen LogP contribution in [0.15, 0.2) is 24.3 Å². The predicted molar refractivity (Wildman–Crippen MR) is 81.0 cm³/mol. The number of hydrogen-bond donors (Lipinski definition) is 0. The van der Waals surface area contributed by atoms with Crippen LogP contribution >= 0.6 is 0 Å². The average Bonchev–Trinajstić information content (AvgIpc) is 2.79. The Balaban J connectivity index is 1.74. The Kier molecular flexibility index (Phi) is 2.99. The van der Waals surface area contributed by atoms with E-state index < -0.39 is 6.17 Å². The zero-order valence-electron chi connectivity index (χ0n) is 12.6. The molecule has 21 heavy (non-hydrogen) atoms. The molecule has 0 spiro atoms. The first-order chi connectivity index (χ1) is 10.2. The molecule has 2 fully saturated rings. The fraction of sp³-hybridized carbons (Fsp3) is 0.632. The smallest absolute Gasteiger partial charge is 0.173 e. The number of ketones is 1. The molecule has 0 heterocycles. The Morgan fingerprint density at radius 3 is 2.90 bits per heavy atom. The number of carbonyl (C=O) groups excluding carboxylic acids is 1. The lowest BCUT2D eigenvalue weighted by molar-refractivity contribution is -0.134. The fourth-order valence-electron chi connectivity index (χ4n) is 5.70. The second kappa shape index (κ2) is 4.66. The number of alkyl halides is 1. The highest BCUT2D eigenvalue weighted by Crippen LogP contribution is 2.61. The summed E-state index contributed by atoms with van der Waals surface area (Å²) in [6.45, 7) is 2.08. The first-order valence-corrected chi connectivity index (χ1v) is 8.43. The number of fused-ring (bicyclic) bond motifs is 5. The molecule has 3 aliphatic carbocycles. The molecule has 0 aromatic heterocycles. The maximum atomic E-state index is 14.2. The molecule has 0 bridgehead atoms. The van der Waals surface area contributed by atoms with Crippen LogP contribution in [0.3, 0.4) is 0 Å². The number of hydrogen-bond acceptors (Lipinski definition) is 1. The zero-order valence-corrected chi connectivity index (χ0v) is 12.6. The van der Waals surface area contributed by atoms with Gasteiger partial charge in [-0.15, -0.1) is 0 Å². The van der Waals surface area contributed by atoms with Crippen molar-refractivity contribution in [1.82, 2.24) is 0 Å². The van der Waals surface area contributed by atoms with E-state index in [9.17, 15) is 9.18 Å². The Morgan fingerprint density at radius 1 is 1.29 bits per heavy atom. The average molecular weight is 286 g/mol. The van der Waals surface area contributed by atoms with Crippen molar-refractivity contribution in [2.24, 2.45) is 17.3 Å². The van der Waals surface area contributed by atoms with Crippen molar-refractivity contribution in [3.63, 3.8) is 0 Å². The van der Waals surface area contributed by atoms with Gasteiger partial charge in [-0.05, 0) is 67.4 Å². The van der Waals surface area contributed by atoms with Gasteiger partial charge in [-0.1, -0.05) is 31.2 Å². The minimum Gasteiger partial charge on any atom is -0.296 e. The standard InChI is InChI=1S/C19H23FO/c1-2-19-10-9-14-13-6-4-3-5-12(13)7-8-15(14)16(19)11-17(20)18(19)21/h3-6,14-17H,2,7-11H2,1H3/t14-,15-,16+,17-,19+/m1/s1. The maximum Gasteiger partial charge on any atom is 0.173 e. The molecule has 3 aliphatic rings. The van der Waals surface area contributed by atoms with Gasteiger partial charge in [0.1, 0.15) is 0 Å². The van der Waals surface area contributed by atoms with Crippen LogP contribution in [0.4, 0.5) is 4.39 Å². The summed E-state index contributed by atoms with van der Waals surface area (Å²) in [4.78, 5) is 12.4. The second-order valence-electron chi connectivity index (χ2n) is 7.23. The molecule has 0 saturated heterocycles. The van der Waals surface area contributed by atoms with Gasteiger partial charge in [-0.2, -0.15) is 0 Å². The van der Waals surface area contributed by atoms with E-state index in [0.717, 1.165) is 32.1 Å². The van der Waals surface area contributed by atoms with E-state index in [1.54, 1.807) is 0 Å². The van der Waals surface area contributed by atoms with Gasteiger partial charge in [0.05, 0.1) is 0 Å². The Morgan fingerprint density at radius 2 is 2.10 bits per heavy atom. The van der Waals surface area contributed by atoms with Crippen LogP contribution in [0, 0.1) is 17.3 Å². The lowest BCUT2D eigenvalue weighted by Gasteiger charge is -2.49. The lowest BCUT2D eigenvalue weighted by Crippen LogP contribution is -2.44. The van der Waals surface area contributed by atoms with Gasteiger partial charge in [-0.25, -0.2) is 4.39 Å². The van der Waals surface area contributed by atoms with Crippen LogP contribution < -0.4 is 0 Å². The van der Waals surface area contributed by atoms with Crippen molar-refractivity contribution in [2.75, 3.05) is 0 Å². The molecule has 2 heteroatoms. The predicted octanol–water partition coefficient (Wildman–Crippen LogP) is 4.45. The molecule has 0 unspecified atom stereocenters. The van der Waals surface area contributed by atoms with Crippen LogP contribution in [0.5, 0.6) is 0 Å². The van der Waals surface area contributed by atoms with E-state index in [-0.39, 0.29) is 17.1 Å². The summed E-state index contributed by atoms with van der Waals surface area (Å²) in [5.41, 5.74) is 2.62. The van der Waals surface area contributed by atoms with Gasteiger partial charge in [-0.3, -0.25) is 4.79 Å². The number of benzene rings is 1. The van der Waals surface area contributed by atoms with Gasteiger partial charge in [0.2, 0.25) is 0 Å². The topological polar surface area (TPSA) is 17.1 Å². The van der Waals surface area contributed by atoms with Crippen molar-refractivity contribution >= 4 is 5.78 Å². The van der Waals surface area contributed by atoms with E-state index >= 15 is 0 Å². The van der Waals surface area contributed by atoms with E-state index in [2.05, 4.69) is 31.2 Å². The van der Waals surface area contributed by atoms with Crippen LogP contribution in [-0.4, -0.2) is 12.0 Å². The molecule has 0 radical (unpaired) electrons. The van der Waals surface area contributed by atoms with Gasteiger partial charge < -0.3 is 0 Å². The SMILES string of the molecule is CC[C@]12CC[C@@H]3c4ccccc4CC[C@H]3[C@@H]1C[C@@H](F)C2=O. The van der Waals surface area contributed by atoms with Gasteiger partial charge in [0, 0.05) is 5.41 Å². The number of Topliss-reactive ketones (excluding diaryl/α,β-unsaturated/α-hetero) is 1. The lowest BCUT2D eigenvalue weighted by atomic mass is 9.54. The molecule has 0 amide bonds. The number of halogens is 1. The number of rotatable bonds is 1. The van der Waals surface area contributed by atoms with Gasteiger partial charge >= 0.3 is 0 Å². The normalized spacial score (nSPS) is 41.3. The summed E-state index contributed by atoms with van der Waals surface area (Å²) in [5, 5.41) is 0. The van der Waals surface area contributed by atoms with Crippen LogP contribution in [0.2, 0.25) is 0 Å². The van der Waals surface area contributed by atoms with Gasteiger partial charge in [0.25, 0.3) is 0 Å². The maximum absolute atomic E-state index is 14.2. The van der Waals surface area contributed by atoms with Crippen molar-refractivity contribution < 1.29 is 9.18 Å². The molecular weight excluding hydrogens is 263 g/mol. The summed E-state index contributed by atoms with van der Waals surface area (Å²) in [7, 11) is 0. The van der Waals surface area contributed by atoms with Crippen LogP contribution in [-0.2, 0) is 11.2 Å².